The molecule has 3 heteroatoms. The van der Waals surface area contributed by atoms with Crippen LogP contribution in [0.15, 0.2) is 24.3 Å². The number of rotatable bonds is 3. The third-order valence-corrected chi connectivity index (χ3v) is 3.95. The second-order valence-electron chi connectivity index (χ2n) is 6.48. The van der Waals surface area contributed by atoms with E-state index in [1.165, 1.54) is 25.9 Å². The van der Waals surface area contributed by atoms with Crippen molar-refractivity contribution in [2.24, 2.45) is 0 Å². The number of hydrogen-bond acceptors (Lipinski definition) is 3. The van der Waals surface area contributed by atoms with Crippen LogP contribution in [-0.4, -0.2) is 34.7 Å². The van der Waals surface area contributed by atoms with Gasteiger partial charge in [-0.1, -0.05) is 12.1 Å². The molecule has 2 N–H and O–H groups in total. The van der Waals surface area contributed by atoms with E-state index in [0.29, 0.717) is 11.8 Å². The molecule has 1 aliphatic rings. The van der Waals surface area contributed by atoms with Gasteiger partial charge in [0.05, 0.1) is 0 Å². The Morgan fingerprint density at radius 2 is 1.95 bits per heavy atom. The first-order chi connectivity index (χ1) is 8.95. The monoisotopic (exact) mass is 262 g/mol. The van der Waals surface area contributed by atoms with Crippen LogP contribution in [-0.2, 0) is 6.54 Å². The highest BCUT2D eigenvalue weighted by atomic mass is 16.3. The Labute approximate surface area is 116 Å². The van der Waals surface area contributed by atoms with Crippen LogP contribution < -0.4 is 5.32 Å². The van der Waals surface area contributed by atoms with Crippen LogP contribution in [0, 0.1) is 0 Å². The number of piperidine rings is 1. The van der Waals surface area contributed by atoms with Gasteiger partial charge in [-0.15, -0.1) is 0 Å². The SMILES string of the molecule is CC(C)(C)N1CCC(NCc2cccc(O)c2)CC1. The lowest BCUT2D eigenvalue weighted by molar-refractivity contribution is 0.0960. The van der Waals surface area contributed by atoms with Crippen molar-refractivity contribution in [2.75, 3.05) is 13.1 Å². The number of nitrogens with zero attached hydrogens (tertiary/aromatic N) is 1. The van der Waals surface area contributed by atoms with Gasteiger partial charge in [0.2, 0.25) is 0 Å². The summed E-state index contributed by atoms with van der Waals surface area (Å²) in [5, 5.41) is 13.0. The van der Waals surface area contributed by atoms with Crippen molar-refractivity contribution in [2.45, 2.75) is 51.7 Å². The molecule has 1 aliphatic heterocycles. The van der Waals surface area contributed by atoms with Crippen molar-refractivity contribution >= 4 is 0 Å². The minimum absolute atomic E-state index is 0.288. The second kappa shape index (κ2) is 5.93. The first kappa shape index (κ1) is 14.4. The molecule has 0 aromatic heterocycles. The van der Waals surface area contributed by atoms with Crippen molar-refractivity contribution in [1.29, 1.82) is 0 Å². The molecule has 0 atom stereocenters. The largest absolute Gasteiger partial charge is 0.508 e. The van der Waals surface area contributed by atoms with E-state index in [1.807, 2.05) is 12.1 Å². The molecule has 0 aliphatic carbocycles. The number of hydrogen-bond donors (Lipinski definition) is 2. The molecule has 0 spiro atoms. The third kappa shape index (κ3) is 4.22. The van der Waals surface area contributed by atoms with E-state index >= 15 is 0 Å². The van der Waals surface area contributed by atoms with Gasteiger partial charge in [0.1, 0.15) is 5.75 Å². The summed E-state index contributed by atoms with van der Waals surface area (Å²) in [6, 6.07) is 8.09. The topological polar surface area (TPSA) is 35.5 Å². The van der Waals surface area contributed by atoms with E-state index in [-0.39, 0.29) is 5.54 Å². The standard InChI is InChI=1S/C16H26N2O/c1-16(2,3)18-9-7-14(8-10-18)17-12-13-5-4-6-15(19)11-13/h4-6,11,14,17,19H,7-10,12H2,1-3H3. The van der Waals surface area contributed by atoms with E-state index in [2.05, 4.69) is 37.1 Å². The van der Waals surface area contributed by atoms with E-state index in [9.17, 15) is 5.11 Å². The maximum Gasteiger partial charge on any atom is 0.115 e. The number of aromatic hydroxyl groups is 1. The van der Waals surface area contributed by atoms with E-state index in [0.717, 1.165) is 12.1 Å². The highest BCUT2D eigenvalue weighted by Crippen LogP contribution is 2.20. The fraction of sp³-hybridized carbons (Fsp3) is 0.625. The second-order valence-corrected chi connectivity index (χ2v) is 6.48. The summed E-state index contributed by atoms with van der Waals surface area (Å²) in [5.74, 6) is 0.349. The summed E-state index contributed by atoms with van der Waals surface area (Å²) in [6.07, 6.45) is 2.41. The molecule has 19 heavy (non-hydrogen) atoms. The lowest BCUT2D eigenvalue weighted by atomic mass is 9.98. The van der Waals surface area contributed by atoms with Crippen molar-refractivity contribution < 1.29 is 5.11 Å². The van der Waals surface area contributed by atoms with Gasteiger partial charge in [0.25, 0.3) is 0 Å². The quantitative estimate of drug-likeness (QED) is 0.879. The summed E-state index contributed by atoms with van der Waals surface area (Å²) in [4.78, 5) is 2.56. The summed E-state index contributed by atoms with van der Waals surface area (Å²) in [6.45, 7) is 10.0. The summed E-state index contributed by atoms with van der Waals surface area (Å²) in [5.41, 5.74) is 1.44. The lowest BCUT2D eigenvalue weighted by Gasteiger charge is -2.41. The fourth-order valence-electron chi connectivity index (χ4n) is 2.68. The molecule has 3 nitrogen and oxygen atoms in total. The van der Waals surface area contributed by atoms with Gasteiger partial charge in [-0.2, -0.15) is 0 Å². The molecule has 0 radical (unpaired) electrons. The van der Waals surface area contributed by atoms with Crippen LogP contribution in [0.25, 0.3) is 0 Å². The van der Waals surface area contributed by atoms with Gasteiger partial charge in [0.15, 0.2) is 0 Å². The maximum absolute atomic E-state index is 9.44. The van der Waals surface area contributed by atoms with E-state index < -0.39 is 0 Å². The Kier molecular flexibility index (Phi) is 4.48. The van der Waals surface area contributed by atoms with Crippen molar-refractivity contribution in [1.82, 2.24) is 10.2 Å². The van der Waals surface area contributed by atoms with Crippen molar-refractivity contribution in [3.63, 3.8) is 0 Å². The minimum atomic E-state index is 0.288. The molecule has 1 fully saturated rings. The lowest BCUT2D eigenvalue weighted by Crippen LogP contribution is -2.49. The third-order valence-electron chi connectivity index (χ3n) is 3.95. The van der Waals surface area contributed by atoms with Gasteiger partial charge in [-0.25, -0.2) is 0 Å². The first-order valence-corrected chi connectivity index (χ1v) is 7.21. The Hall–Kier alpha value is -1.06. The zero-order chi connectivity index (χ0) is 13.9. The molecule has 1 aromatic rings. The summed E-state index contributed by atoms with van der Waals surface area (Å²) in [7, 11) is 0. The van der Waals surface area contributed by atoms with Crippen LogP contribution in [0.5, 0.6) is 5.75 Å². The maximum atomic E-state index is 9.44. The van der Waals surface area contributed by atoms with Crippen LogP contribution in [0.4, 0.5) is 0 Å². The number of benzene rings is 1. The first-order valence-electron chi connectivity index (χ1n) is 7.21. The normalized spacial score (nSPS) is 18.7. The average Bonchev–Trinajstić information content (AvgIpc) is 2.36. The van der Waals surface area contributed by atoms with Crippen LogP contribution in [0.2, 0.25) is 0 Å². The minimum Gasteiger partial charge on any atom is -0.508 e. The summed E-state index contributed by atoms with van der Waals surface area (Å²) >= 11 is 0. The zero-order valence-electron chi connectivity index (χ0n) is 12.3. The van der Waals surface area contributed by atoms with Gasteiger partial charge in [-0.05, 0) is 51.3 Å². The zero-order valence-corrected chi connectivity index (χ0v) is 12.3. The molecular formula is C16H26N2O. The number of nitrogens with one attached hydrogen (secondary N) is 1. The molecule has 106 valence electrons. The van der Waals surface area contributed by atoms with Crippen LogP contribution >= 0.6 is 0 Å². The van der Waals surface area contributed by atoms with E-state index in [4.69, 9.17) is 0 Å². The Morgan fingerprint density at radius 3 is 2.53 bits per heavy atom. The van der Waals surface area contributed by atoms with Crippen LogP contribution in [0.1, 0.15) is 39.2 Å². The Bertz CT molecular complexity index is 403. The summed E-state index contributed by atoms with van der Waals surface area (Å²) < 4.78 is 0. The Balaban J connectivity index is 1.77. The van der Waals surface area contributed by atoms with E-state index in [1.54, 1.807) is 6.07 Å². The Morgan fingerprint density at radius 1 is 1.26 bits per heavy atom. The van der Waals surface area contributed by atoms with Crippen molar-refractivity contribution in [3.05, 3.63) is 29.8 Å². The molecular weight excluding hydrogens is 236 g/mol. The molecule has 0 saturated carbocycles. The molecule has 0 unspecified atom stereocenters. The molecule has 0 bridgehead atoms. The molecule has 1 heterocycles. The van der Waals surface area contributed by atoms with Crippen LogP contribution in [0.3, 0.4) is 0 Å². The number of phenols is 1. The van der Waals surface area contributed by atoms with Gasteiger partial charge < -0.3 is 10.4 Å². The number of likely N-dealkylation sites (tertiary alicyclic amines) is 1. The predicted octanol–water partition coefficient (Wildman–Crippen LogP) is 2.74. The molecule has 1 saturated heterocycles. The highest BCUT2D eigenvalue weighted by Gasteiger charge is 2.26. The molecule has 1 aromatic carbocycles. The molecule has 0 amide bonds. The van der Waals surface area contributed by atoms with Gasteiger partial charge in [0, 0.05) is 31.2 Å². The predicted molar refractivity (Wildman–Crippen MR) is 79.3 cm³/mol. The van der Waals surface area contributed by atoms with Crippen molar-refractivity contribution in [3.8, 4) is 5.75 Å². The van der Waals surface area contributed by atoms with Gasteiger partial charge in [-0.3, -0.25) is 4.90 Å². The fourth-order valence-corrected chi connectivity index (χ4v) is 2.68. The van der Waals surface area contributed by atoms with Gasteiger partial charge >= 0.3 is 0 Å². The highest BCUT2D eigenvalue weighted by molar-refractivity contribution is 5.26. The smallest absolute Gasteiger partial charge is 0.115 e. The average molecular weight is 262 g/mol. The molecule has 2 rings (SSSR count). The number of phenolic OH excluding ortho intramolecular Hbond substituents is 1.